The van der Waals surface area contributed by atoms with Gasteiger partial charge in [0, 0.05) is 49.1 Å². The summed E-state index contributed by atoms with van der Waals surface area (Å²) in [7, 11) is 1.71. The maximum atomic E-state index is 13.2. The molecule has 2 aromatic carbocycles. The van der Waals surface area contributed by atoms with Gasteiger partial charge >= 0.3 is 0 Å². The van der Waals surface area contributed by atoms with Gasteiger partial charge in [-0.05, 0) is 56.4 Å². The maximum absolute atomic E-state index is 13.2. The fourth-order valence-electron chi connectivity index (χ4n) is 5.37. The zero-order valence-electron chi connectivity index (χ0n) is 22.3. The predicted octanol–water partition coefficient (Wildman–Crippen LogP) is 2.97. The van der Waals surface area contributed by atoms with Crippen molar-refractivity contribution in [2.45, 2.75) is 45.1 Å². The van der Waals surface area contributed by atoms with E-state index in [0.29, 0.717) is 42.6 Å². The molecular formula is C30H36N4O4. The number of methoxy groups -OCH3 is 1. The number of hydrogen-bond donors (Lipinski definition) is 0. The van der Waals surface area contributed by atoms with Crippen LogP contribution < -0.4 is 20.4 Å². The Morgan fingerprint density at radius 3 is 2.84 bits per heavy atom. The maximum Gasteiger partial charge on any atom is 0.254 e. The molecule has 0 bridgehead atoms. The molecule has 0 N–H and O–H groups in total. The summed E-state index contributed by atoms with van der Waals surface area (Å²) >= 11 is 0. The summed E-state index contributed by atoms with van der Waals surface area (Å²) in [5.74, 6) is 0.624. The summed E-state index contributed by atoms with van der Waals surface area (Å²) in [6.45, 7) is 6.13. The number of nitrogens with zero attached hydrogens (tertiary/aromatic N) is 4. The Kier molecular flexibility index (Phi) is 8.17. The molecule has 0 aromatic heterocycles. The number of allylic oxidation sites excluding steroid dienone is 1. The predicted molar refractivity (Wildman–Crippen MR) is 146 cm³/mol. The smallest absolute Gasteiger partial charge is 0.254 e. The second-order valence-electron chi connectivity index (χ2n) is 10.2. The zero-order valence-corrected chi connectivity index (χ0v) is 22.3. The number of carbonyl (C=O) groups excluding carboxylic acids is 2. The van der Waals surface area contributed by atoms with Gasteiger partial charge in [-0.2, -0.15) is 0 Å². The van der Waals surface area contributed by atoms with Gasteiger partial charge in [0.05, 0.1) is 43.5 Å². The highest BCUT2D eigenvalue weighted by Gasteiger charge is 2.21. The Morgan fingerprint density at radius 2 is 2.03 bits per heavy atom. The lowest BCUT2D eigenvalue weighted by Crippen LogP contribution is -2.41. The Labute approximate surface area is 223 Å². The van der Waals surface area contributed by atoms with Gasteiger partial charge in [0.1, 0.15) is 5.75 Å². The van der Waals surface area contributed by atoms with Crippen LogP contribution in [0.5, 0.6) is 5.75 Å². The van der Waals surface area contributed by atoms with Gasteiger partial charge in [-0.25, -0.2) is 4.99 Å². The van der Waals surface area contributed by atoms with E-state index in [1.807, 2.05) is 25.1 Å². The van der Waals surface area contributed by atoms with E-state index in [2.05, 4.69) is 28.1 Å². The summed E-state index contributed by atoms with van der Waals surface area (Å²) < 4.78 is 10.8. The quantitative estimate of drug-likeness (QED) is 0.529. The summed E-state index contributed by atoms with van der Waals surface area (Å²) in [5, 5.41) is 1.17. The van der Waals surface area contributed by atoms with Crippen LogP contribution in [0.4, 0.5) is 5.69 Å². The molecule has 8 heteroatoms. The molecule has 0 spiro atoms. The lowest BCUT2D eigenvalue weighted by Gasteiger charge is -2.31. The average molecular weight is 517 g/mol. The van der Waals surface area contributed by atoms with E-state index < -0.39 is 0 Å². The van der Waals surface area contributed by atoms with Gasteiger partial charge in [-0.1, -0.05) is 18.2 Å². The van der Waals surface area contributed by atoms with Crippen molar-refractivity contribution in [3.63, 3.8) is 0 Å². The SMILES string of the molecule is COc1ccc2c(c1)N(CCC/C=C/c1cc(C(=O)N3CCOCC3)cc3c1=N[C@H](C)CC(=O)N=3)CCC2. The molecule has 8 nitrogen and oxygen atoms in total. The van der Waals surface area contributed by atoms with E-state index in [0.717, 1.165) is 50.1 Å². The molecule has 1 fully saturated rings. The third-order valence-electron chi connectivity index (χ3n) is 7.33. The molecule has 0 saturated carbocycles. The van der Waals surface area contributed by atoms with Crippen molar-refractivity contribution in [1.29, 1.82) is 0 Å². The minimum absolute atomic E-state index is 0.0649. The van der Waals surface area contributed by atoms with Crippen LogP contribution in [0.2, 0.25) is 0 Å². The van der Waals surface area contributed by atoms with Crippen molar-refractivity contribution >= 4 is 23.6 Å². The second kappa shape index (κ2) is 11.9. The number of ether oxygens (including phenoxy) is 2. The molecule has 200 valence electrons. The first-order valence-corrected chi connectivity index (χ1v) is 13.6. The number of anilines is 1. The minimum atomic E-state index is -0.204. The molecule has 2 aromatic rings. The Balaban J connectivity index is 1.34. The van der Waals surface area contributed by atoms with Crippen LogP contribution in [-0.2, 0) is 16.0 Å². The Bertz CT molecular complexity index is 1350. The van der Waals surface area contributed by atoms with Crippen LogP contribution in [-0.4, -0.2) is 69.3 Å². The van der Waals surface area contributed by atoms with Crippen LogP contribution in [0, 0.1) is 0 Å². The highest BCUT2D eigenvalue weighted by Crippen LogP contribution is 2.31. The zero-order chi connectivity index (χ0) is 26.5. The lowest BCUT2D eigenvalue weighted by molar-refractivity contribution is -0.118. The average Bonchev–Trinajstić information content (AvgIpc) is 3.08. The Hall–Kier alpha value is -3.52. The van der Waals surface area contributed by atoms with Crippen molar-refractivity contribution in [1.82, 2.24) is 4.90 Å². The third-order valence-corrected chi connectivity index (χ3v) is 7.33. The lowest BCUT2D eigenvalue weighted by atomic mass is 10.0. The normalized spacial score (nSPS) is 19.3. The first-order chi connectivity index (χ1) is 18.5. The molecular weight excluding hydrogens is 480 g/mol. The standard InChI is InChI=1S/C30H36N4O4/c1-21-17-28(35)32-26-19-24(30(36)34-13-15-38-16-14-34)18-23(29(26)31-21)7-4-3-5-11-33-12-6-8-22-9-10-25(37-2)20-27(22)33/h4,7,9-10,18-21H,3,5-6,8,11-17H2,1-2H3/b7-4+/t21-/m1/s1. The molecule has 2 amide bonds. The molecule has 5 rings (SSSR count). The molecule has 3 heterocycles. The molecule has 0 radical (unpaired) electrons. The molecule has 0 aliphatic carbocycles. The molecule has 1 saturated heterocycles. The number of benzene rings is 2. The number of carbonyl (C=O) groups is 2. The second-order valence-corrected chi connectivity index (χ2v) is 10.2. The number of unbranched alkanes of at least 4 members (excludes halogenated alkanes) is 1. The summed E-state index contributed by atoms with van der Waals surface area (Å²) in [6.07, 6.45) is 8.59. The van der Waals surface area contributed by atoms with E-state index in [1.165, 1.54) is 11.3 Å². The number of morpholine rings is 1. The van der Waals surface area contributed by atoms with Crippen LogP contribution >= 0.6 is 0 Å². The topological polar surface area (TPSA) is 83.8 Å². The van der Waals surface area contributed by atoms with Crippen LogP contribution in [0.1, 0.15) is 54.1 Å². The van der Waals surface area contributed by atoms with Gasteiger partial charge in [0.2, 0.25) is 5.91 Å². The number of aryl methyl sites for hydroxylation is 1. The minimum Gasteiger partial charge on any atom is -0.497 e. The van der Waals surface area contributed by atoms with Gasteiger partial charge in [0.25, 0.3) is 5.91 Å². The molecule has 0 unspecified atom stereocenters. The number of hydrogen-bond acceptors (Lipinski definition) is 6. The monoisotopic (exact) mass is 516 g/mol. The highest BCUT2D eigenvalue weighted by atomic mass is 16.5. The summed E-state index contributed by atoms with van der Waals surface area (Å²) in [4.78, 5) is 38.9. The van der Waals surface area contributed by atoms with Gasteiger partial charge in [0.15, 0.2) is 0 Å². The fourth-order valence-corrected chi connectivity index (χ4v) is 5.37. The molecule has 3 aliphatic heterocycles. The molecule has 38 heavy (non-hydrogen) atoms. The number of fused-ring (bicyclic) bond motifs is 2. The third kappa shape index (κ3) is 5.96. The van der Waals surface area contributed by atoms with Gasteiger partial charge in [-0.3, -0.25) is 14.6 Å². The van der Waals surface area contributed by atoms with E-state index in [9.17, 15) is 9.59 Å². The van der Waals surface area contributed by atoms with Crippen molar-refractivity contribution in [2.75, 3.05) is 51.4 Å². The summed E-state index contributed by atoms with van der Waals surface area (Å²) in [5.41, 5.74) is 4.02. The van der Waals surface area contributed by atoms with Gasteiger partial charge < -0.3 is 19.3 Å². The summed E-state index contributed by atoms with van der Waals surface area (Å²) in [6, 6.07) is 9.81. The van der Waals surface area contributed by atoms with E-state index in [-0.39, 0.29) is 24.3 Å². The molecule has 3 aliphatic rings. The van der Waals surface area contributed by atoms with Crippen molar-refractivity contribution in [2.24, 2.45) is 9.98 Å². The first kappa shape index (κ1) is 26.1. The first-order valence-electron chi connectivity index (χ1n) is 13.6. The fraction of sp³-hybridized carbons (Fsp3) is 0.467. The largest absolute Gasteiger partial charge is 0.497 e. The van der Waals surface area contributed by atoms with Crippen LogP contribution in [0.15, 0.2) is 46.4 Å². The van der Waals surface area contributed by atoms with Crippen molar-refractivity contribution in [3.05, 3.63) is 63.8 Å². The molecule has 1 atom stereocenters. The van der Waals surface area contributed by atoms with Crippen molar-refractivity contribution in [3.8, 4) is 5.75 Å². The van der Waals surface area contributed by atoms with E-state index in [4.69, 9.17) is 14.5 Å². The van der Waals surface area contributed by atoms with E-state index in [1.54, 1.807) is 18.1 Å². The van der Waals surface area contributed by atoms with Crippen LogP contribution in [0.3, 0.4) is 0 Å². The number of amides is 2. The van der Waals surface area contributed by atoms with Crippen molar-refractivity contribution < 1.29 is 19.1 Å². The Morgan fingerprint density at radius 1 is 1.18 bits per heavy atom. The highest BCUT2D eigenvalue weighted by molar-refractivity contribution is 5.95. The van der Waals surface area contributed by atoms with Crippen LogP contribution in [0.25, 0.3) is 6.08 Å². The van der Waals surface area contributed by atoms with Gasteiger partial charge in [-0.15, -0.1) is 0 Å². The van der Waals surface area contributed by atoms with E-state index >= 15 is 0 Å². The number of rotatable bonds is 7.